The van der Waals surface area contributed by atoms with E-state index in [0.717, 1.165) is 13.0 Å². The van der Waals surface area contributed by atoms with Crippen LogP contribution in [0.3, 0.4) is 0 Å². The molecule has 0 atom stereocenters. The van der Waals surface area contributed by atoms with Gasteiger partial charge in [-0.2, -0.15) is 10.5 Å². The molecule has 2 nitrogen and oxygen atoms in total. The van der Waals surface area contributed by atoms with Gasteiger partial charge in [0, 0.05) is 0 Å². The number of hydrogen-bond acceptors (Lipinski definition) is 1. The van der Waals surface area contributed by atoms with E-state index >= 15 is 0 Å². The van der Waals surface area contributed by atoms with Crippen LogP contribution in [0, 0.1) is 0 Å². The molecule has 0 N–H and O–H groups in total. The lowest BCUT2D eigenvalue weighted by Crippen LogP contribution is -2.04. The van der Waals surface area contributed by atoms with E-state index < -0.39 is 0 Å². The Morgan fingerprint density at radius 3 is 3.33 bits per heavy atom. The first-order chi connectivity index (χ1) is 4.47. The fraction of sp³-hybridized carbons (Fsp3) is 0.571. The van der Waals surface area contributed by atoms with E-state index in [1.165, 1.54) is 24.1 Å². The smallest absolute Gasteiger partial charge is 0.0868 e. The van der Waals surface area contributed by atoms with Crippen molar-refractivity contribution in [2.45, 2.75) is 19.3 Å². The summed E-state index contributed by atoms with van der Waals surface area (Å²) in [6.07, 6.45) is 5.90. The largest absolute Gasteiger partial charge is 0.184 e. The number of nitrogens with zero attached hydrogens (tertiary/aromatic N) is 2. The van der Waals surface area contributed by atoms with Gasteiger partial charge < -0.3 is 0 Å². The van der Waals surface area contributed by atoms with Gasteiger partial charge in [-0.05, 0) is 24.8 Å². The van der Waals surface area contributed by atoms with Crippen LogP contribution in [-0.4, -0.2) is 12.3 Å². The van der Waals surface area contributed by atoms with Crippen LogP contribution in [0.5, 0.6) is 0 Å². The second kappa shape index (κ2) is 1.87. The van der Waals surface area contributed by atoms with E-state index in [1.54, 1.807) is 0 Å². The highest BCUT2D eigenvalue weighted by Crippen LogP contribution is 2.17. The van der Waals surface area contributed by atoms with Crippen LogP contribution in [0.15, 0.2) is 16.8 Å². The lowest BCUT2D eigenvalue weighted by atomic mass is 9.98. The summed E-state index contributed by atoms with van der Waals surface area (Å²) in [5.41, 5.74) is 6.56. The van der Waals surface area contributed by atoms with E-state index in [1.807, 2.05) is 0 Å². The first kappa shape index (κ1) is 5.03. The second-order valence-corrected chi connectivity index (χ2v) is 2.47. The Morgan fingerprint density at radius 1 is 1.44 bits per heavy atom. The number of fused-ring (bicyclic) bond motifs is 1. The fourth-order valence-electron chi connectivity index (χ4n) is 1.29. The summed E-state index contributed by atoms with van der Waals surface area (Å²) in [5, 5.41) is 4.03. The number of allylic oxidation sites excluding steroid dienone is 1. The molecule has 0 fully saturated rings. The Kier molecular flexibility index (Phi) is 1.04. The van der Waals surface area contributed by atoms with Gasteiger partial charge in [0.1, 0.15) is 0 Å². The third-order valence-corrected chi connectivity index (χ3v) is 1.81. The quantitative estimate of drug-likeness (QED) is 0.458. The maximum Gasteiger partial charge on any atom is 0.0868 e. The van der Waals surface area contributed by atoms with Crippen molar-refractivity contribution >= 4 is 5.71 Å². The van der Waals surface area contributed by atoms with Crippen molar-refractivity contribution in [1.82, 2.24) is 5.43 Å². The highest BCUT2D eigenvalue weighted by molar-refractivity contribution is 6.02. The van der Waals surface area contributed by atoms with Crippen LogP contribution in [0.2, 0.25) is 0 Å². The van der Waals surface area contributed by atoms with Crippen LogP contribution in [-0.2, 0) is 0 Å². The Bertz CT molecular complexity index is 179. The molecular formula is C7H9N2. The zero-order chi connectivity index (χ0) is 6.10. The van der Waals surface area contributed by atoms with Crippen LogP contribution < -0.4 is 5.43 Å². The molecule has 0 aromatic carbocycles. The van der Waals surface area contributed by atoms with Gasteiger partial charge in [-0.15, -0.1) is 0 Å². The van der Waals surface area contributed by atoms with E-state index in [9.17, 15) is 0 Å². The molecule has 1 radical (unpaired) electrons. The van der Waals surface area contributed by atoms with Gasteiger partial charge >= 0.3 is 0 Å². The van der Waals surface area contributed by atoms with E-state index in [-0.39, 0.29) is 0 Å². The SMILES string of the molecule is C1=C2C[N]N=C2CCC1. The van der Waals surface area contributed by atoms with Gasteiger partial charge in [0.25, 0.3) is 0 Å². The third-order valence-electron chi connectivity index (χ3n) is 1.81. The van der Waals surface area contributed by atoms with Gasteiger partial charge in [-0.3, -0.25) is 0 Å². The predicted molar refractivity (Wildman–Crippen MR) is 36.4 cm³/mol. The van der Waals surface area contributed by atoms with E-state index in [0.29, 0.717) is 0 Å². The summed E-state index contributed by atoms with van der Waals surface area (Å²) in [6.45, 7) is 0.843. The van der Waals surface area contributed by atoms with Gasteiger partial charge in [-0.25, -0.2) is 0 Å². The first-order valence-electron chi connectivity index (χ1n) is 3.39. The zero-order valence-corrected chi connectivity index (χ0v) is 5.30. The van der Waals surface area contributed by atoms with Crippen molar-refractivity contribution < 1.29 is 0 Å². The molecule has 0 unspecified atom stereocenters. The van der Waals surface area contributed by atoms with Crippen LogP contribution >= 0.6 is 0 Å². The molecule has 0 spiro atoms. The Balaban J connectivity index is 2.30. The molecule has 1 aliphatic carbocycles. The van der Waals surface area contributed by atoms with Crippen molar-refractivity contribution in [2.75, 3.05) is 6.54 Å². The lowest BCUT2D eigenvalue weighted by Gasteiger charge is -2.05. The van der Waals surface area contributed by atoms with Crippen molar-refractivity contribution in [1.29, 1.82) is 0 Å². The molecule has 0 aromatic heterocycles. The minimum Gasteiger partial charge on any atom is -0.184 e. The lowest BCUT2D eigenvalue weighted by molar-refractivity contribution is 0.833. The summed E-state index contributed by atoms with van der Waals surface area (Å²) in [5.74, 6) is 0. The molecule has 0 saturated carbocycles. The third kappa shape index (κ3) is 0.745. The van der Waals surface area contributed by atoms with Gasteiger partial charge in [0.05, 0.1) is 12.3 Å². The summed E-state index contributed by atoms with van der Waals surface area (Å²) in [7, 11) is 0. The molecule has 9 heavy (non-hydrogen) atoms. The average molecular weight is 121 g/mol. The highest BCUT2D eigenvalue weighted by Gasteiger charge is 2.16. The molecule has 0 aromatic rings. The van der Waals surface area contributed by atoms with Crippen LogP contribution in [0.25, 0.3) is 0 Å². The molecular weight excluding hydrogens is 112 g/mol. The average Bonchev–Trinajstić information content (AvgIpc) is 2.33. The Morgan fingerprint density at radius 2 is 2.44 bits per heavy atom. The first-order valence-corrected chi connectivity index (χ1v) is 3.39. The summed E-state index contributed by atoms with van der Waals surface area (Å²) < 4.78 is 0. The molecule has 0 bridgehead atoms. The maximum absolute atomic E-state index is 4.03. The minimum absolute atomic E-state index is 0.843. The summed E-state index contributed by atoms with van der Waals surface area (Å²) in [6, 6.07) is 0. The minimum atomic E-state index is 0.843. The Hall–Kier alpha value is -0.790. The summed E-state index contributed by atoms with van der Waals surface area (Å²) in [4.78, 5) is 0. The van der Waals surface area contributed by atoms with Crippen molar-refractivity contribution in [2.24, 2.45) is 5.10 Å². The topological polar surface area (TPSA) is 26.5 Å². The fourth-order valence-corrected chi connectivity index (χ4v) is 1.29. The normalized spacial score (nSPS) is 24.0. The Labute approximate surface area is 54.6 Å². The maximum atomic E-state index is 4.03. The molecule has 0 saturated heterocycles. The van der Waals surface area contributed by atoms with Crippen molar-refractivity contribution in [3.05, 3.63) is 11.6 Å². The molecule has 0 amide bonds. The van der Waals surface area contributed by atoms with Gasteiger partial charge in [-0.1, -0.05) is 6.08 Å². The molecule has 1 heterocycles. The summed E-state index contributed by atoms with van der Waals surface area (Å²) >= 11 is 0. The zero-order valence-electron chi connectivity index (χ0n) is 5.30. The molecule has 47 valence electrons. The van der Waals surface area contributed by atoms with Gasteiger partial charge in [0.2, 0.25) is 0 Å². The molecule has 1 aliphatic heterocycles. The standard InChI is InChI=1S/C7H9N2/c1-2-4-7-6(3-1)5-8-9-7/h3H,1-2,4-5H2. The van der Waals surface area contributed by atoms with Crippen molar-refractivity contribution in [3.8, 4) is 0 Å². The second-order valence-electron chi connectivity index (χ2n) is 2.47. The predicted octanol–water partition coefficient (Wildman–Crippen LogP) is 1.07. The molecule has 2 aliphatic rings. The van der Waals surface area contributed by atoms with Crippen LogP contribution in [0.1, 0.15) is 19.3 Å². The highest BCUT2D eigenvalue weighted by atomic mass is 15.3. The van der Waals surface area contributed by atoms with E-state index in [2.05, 4.69) is 16.6 Å². The molecule has 2 heteroatoms. The number of rotatable bonds is 0. The van der Waals surface area contributed by atoms with Crippen molar-refractivity contribution in [3.63, 3.8) is 0 Å². The van der Waals surface area contributed by atoms with Crippen LogP contribution in [0.4, 0.5) is 0 Å². The van der Waals surface area contributed by atoms with E-state index in [4.69, 9.17) is 0 Å². The molecule has 2 rings (SSSR count). The monoisotopic (exact) mass is 121 g/mol. The van der Waals surface area contributed by atoms with Gasteiger partial charge in [0.15, 0.2) is 0 Å². The number of hydrogen-bond donors (Lipinski definition) is 0.